The lowest BCUT2D eigenvalue weighted by Crippen LogP contribution is -1.92. The maximum atomic E-state index is 9.59. The molecular formula is C13H12BrNO2. The number of aromatic hydroxyl groups is 1. The molecule has 0 saturated carbocycles. The van der Waals surface area contributed by atoms with Crippen molar-refractivity contribution >= 4 is 15.9 Å². The van der Waals surface area contributed by atoms with E-state index < -0.39 is 0 Å². The van der Waals surface area contributed by atoms with E-state index in [1.54, 1.807) is 31.3 Å². The SMILES string of the molecule is Cc1ccnc(Oc2cccc(O)c2C)c1Br. The first-order valence-corrected chi connectivity index (χ1v) is 5.96. The molecule has 0 radical (unpaired) electrons. The van der Waals surface area contributed by atoms with Crippen LogP contribution in [0.4, 0.5) is 0 Å². The maximum absolute atomic E-state index is 9.59. The molecular weight excluding hydrogens is 282 g/mol. The molecule has 2 rings (SSSR count). The quantitative estimate of drug-likeness (QED) is 0.911. The van der Waals surface area contributed by atoms with Crippen molar-refractivity contribution in [2.45, 2.75) is 13.8 Å². The van der Waals surface area contributed by atoms with Crippen LogP contribution in [0, 0.1) is 13.8 Å². The minimum Gasteiger partial charge on any atom is -0.508 e. The van der Waals surface area contributed by atoms with Crippen LogP contribution in [0.15, 0.2) is 34.9 Å². The average Bonchev–Trinajstić information content (AvgIpc) is 2.31. The van der Waals surface area contributed by atoms with Crippen molar-refractivity contribution in [1.82, 2.24) is 4.98 Å². The molecule has 0 spiro atoms. The van der Waals surface area contributed by atoms with Gasteiger partial charge in [-0.05, 0) is 53.5 Å². The molecule has 1 N–H and O–H groups in total. The third-order valence-corrected chi connectivity index (χ3v) is 3.48. The number of aromatic nitrogens is 1. The molecule has 88 valence electrons. The molecule has 0 amide bonds. The monoisotopic (exact) mass is 293 g/mol. The summed E-state index contributed by atoms with van der Waals surface area (Å²) in [7, 11) is 0. The highest BCUT2D eigenvalue weighted by atomic mass is 79.9. The summed E-state index contributed by atoms with van der Waals surface area (Å²) in [5.74, 6) is 1.31. The van der Waals surface area contributed by atoms with Gasteiger partial charge in [0.15, 0.2) is 0 Å². The lowest BCUT2D eigenvalue weighted by Gasteiger charge is -2.10. The summed E-state index contributed by atoms with van der Waals surface area (Å²) < 4.78 is 6.51. The van der Waals surface area contributed by atoms with E-state index in [1.165, 1.54) is 0 Å². The standard InChI is InChI=1S/C13H12BrNO2/c1-8-6-7-15-13(12(8)14)17-11-5-3-4-10(16)9(11)2/h3-7,16H,1-2H3. The zero-order valence-electron chi connectivity index (χ0n) is 9.57. The number of rotatable bonds is 2. The fourth-order valence-electron chi connectivity index (χ4n) is 1.40. The van der Waals surface area contributed by atoms with E-state index in [-0.39, 0.29) is 5.75 Å². The smallest absolute Gasteiger partial charge is 0.233 e. The van der Waals surface area contributed by atoms with Gasteiger partial charge in [0.2, 0.25) is 5.88 Å². The van der Waals surface area contributed by atoms with Crippen LogP contribution in [0.5, 0.6) is 17.4 Å². The molecule has 0 saturated heterocycles. The Balaban J connectivity index is 2.38. The highest BCUT2D eigenvalue weighted by Gasteiger charge is 2.09. The molecule has 3 nitrogen and oxygen atoms in total. The lowest BCUT2D eigenvalue weighted by molar-refractivity contribution is 0.437. The number of benzene rings is 1. The Kier molecular flexibility index (Phi) is 3.33. The minimum absolute atomic E-state index is 0.214. The summed E-state index contributed by atoms with van der Waals surface area (Å²) in [4.78, 5) is 4.15. The fourth-order valence-corrected chi connectivity index (χ4v) is 1.72. The van der Waals surface area contributed by atoms with Gasteiger partial charge in [-0.15, -0.1) is 0 Å². The van der Waals surface area contributed by atoms with E-state index in [4.69, 9.17) is 4.74 Å². The third kappa shape index (κ3) is 2.42. The number of hydrogen-bond donors (Lipinski definition) is 1. The molecule has 0 atom stereocenters. The number of ether oxygens (including phenoxy) is 1. The Morgan fingerprint density at radius 2 is 2.00 bits per heavy atom. The Morgan fingerprint density at radius 1 is 1.24 bits per heavy atom. The van der Waals surface area contributed by atoms with Crippen LogP contribution in [-0.2, 0) is 0 Å². The lowest BCUT2D eigenvalue weighted by atomic mass is 10.2. The van der Waals surface area contributed by atoms with Gasteiger partial charge in [-0.25, -0.2) is 4.98 Å². The molecule has 4 heteroatoms. The number of hydrogen-bond acceptors (Lipinski definition) is 3. The summed E-state index contributed by atoms with van der Waals surface area (Å²) in [5.41, 5.74) is 1.75. The van der Waals surface area contributed by atoms with Gasteiger partial charge in [-0.1, -0.05) is 6.07 Å². The van der Waals surface area contributed by atoms with Gasteiger partial charge in [0.25, 0.3) is 0 Å². The number of phenolic OH excluding ortho intramolecular Hbond substituents is 1. The van der Waals surface area contributed by atoms with Crippen LogP contribution < -0.4 is 4.74 Å². The van der Waals surface area contributed by atoms with Crippen LogP contribution >= 0.6 is 15.9 Å². The van der Waals surface area contributed by atoms with Gasteiger partial charge < -0.3 is 9.84 Å². The number of phenols is 1. The second-order valence-corrected chi connectivity index (χ2v) is 4.54. The van der Waals surface area contributed by atoms with Gasteiger partial charge in [-0.2, -0.15) is 0 Å². The van der Waals surface area contributed by atoms with E-state index in [0.29, 0.717) is 17.2 Å². The predicted octanol–water partition coefficient (Wildman–Crippen LogP) is 3.96. The van der Waals surface area contributed by atoms with Crippen molar-refractivity contribution in [3.8, 4) is 17.4 Å². The number of nitrogens with zero attached hydrogens (tertiary/aromatic N) is 1. The zero-order chi connectivity index (χ0) is 12.4. The molecule has 0 unspecified atom stereocenters. The van der Waals surface area contributed by atoms with Crippen LogP contribution in [0.3, 0.4) is 0 Å². The minimum atomic E-state index is 0.214. The molecule has 1 aromatic heterocycles. The van der Waals surface area contributed by atoms with Crippen LogP contribution in [0.1, 0.15) is 11.1 Å². The fraction of sp³-hybridized carbons (Fsp3) is 0.154. The van der Waals surface area contributed by atoms with E-state index in [2.05, 4.69) is 20.9 Å². The summed E-state index contributed by atoms with van der Waals surface area (Å²) in [5, 5.41) is 9.59. The van der Waals surface area contributed by atoms with Crippen molar-refractivity contribution in [2.24, 2.45) is 0 Å². The highest BCUT2D eigenvalue weighted by Crippen LogP contribution is 2.33. The summed E-state index contributed by atoms with van der Waals surface area (Å²) in [6, 6.07) is 7.06. The van der Waals surface area contributed by atoms with E-state index in [1.807, 2.05) is 13.0 Å². The molecule has 0 bridgehead atoms. The van der Waals surface area contributed by atoms with Crippen molar-refractivity contribution in [2.75, 3.05) is 0 Å². The van der Waals surface area contributed by atoms with Gasteiger partial charge in [0.1, 0.15) is 11.5 Å². The first kappa shape index (κ1) is 11.9. The van der Waals surface area contributed by atoms with Crippen LogP contribution in [0.2, 0.25) is 0 Å². The van der Waals surface area contributed by atoms with Crippen molar-refractivity contribution in [3.63, 3.8) is 0 Å². The van der Waals surface area contributed by atoms with Gasteiger partial charge >= 0.3 is 0 Å². The van der Waals surface area contributed by atoms with Crippen LogP contribution in [0.25, 0.3) is 0 Å². The number of aryl methyl sites for hydroxylation is 1. The first-order chi connectivity index (χ1) is 8.09. The molecule has 17 heavy (non-hydrogen) atoms. The zero-order valence-corrected chi connectivity index (χ0v) is 11.2. The topological polar surface area (TPSA) is 42.4 Å². The Labute approximate surface area is 108 Å². The number of pyridine rings is 1. The van der Waals surface area contributed by atoms with Crippen LogP contribution in [-0.4, -0.2) is 10.1 Å². The highest BCUT2D eigenvalue weighted by molar-refractivity contribution is 9.10. The molecule has 0 fully saturated rings. The Morgan fingerprint density at radius 3 is 2.76 bits per heavy atom. The van der Waals surface area contributed by atoms with Crippen molar-refractivity contribution in [1.29, 1.82) is 0 Å². The van der Waals surface area contributed by atoms with Gasteiger partial charge in [0.05, 0.1) is 4.47 Å². The summed E-state index contributed by atoms with van der Waals surface area (Å²) >= 11 is 3.43. The summed E-state index contributed by atoms with van der Waals surface area (Å²) in [6.07, 6.45) is 1.69. The molecule has 2 aromatic rings. The molecule has 1 heterocycles. The normalized spacial score (nSPS) is 10.3. The van der Waals surface area contributed by atoms with Gasteiger partial charge in [-0.3, -0.25) is 0 Å². The van der Waals surface area contributed by atoms with E-state index >= 15 is 0 Å². The van der Waals surface area contributed by atoms with E-state index in [0.717, 1.165) is 10.0 Å². The van der Waals surface area contributed by atoms with Crippen molar-refractivity contribution in [3.05, 3.63) is 46.1 Å². The number of halogens is 1. The second-order valence-electron chi connectivity index (χ2n) is 3.75. The Bertz CT molecular complexity index is 506. The maximum Gasteiger partial charge on any atom is 0.233 e. The molecule has 0 aliphatic carbocycles. The van der Waals surface area contributed by atoms with Gasteiger partial charge in [0, 0.05) is 11.8 Å². The summed E-state index contributed by atoms with van der Waals surface area (Å²) in [6.45, 7) is 3.77. The molecule has 0 aliphatic rings. The predicted molar refractivity (Wildman–Crippen MR) is 69.6 cm³/mol. The largest absolute Gasteiger partial charge is 0.508 e. The molecule has 1 aromatic carbocycles. The molecule has 0 aliphatic heterocycles. The van der Waals surface area contributed by atoms with Crippen molar-refractivity contribution < 1.29 is 9.84 Å². The second kappa shape index (κ2) is 4.75. The third-order valence-electron chi connectivity index (χ3n) is 2.51. The first-order valence-electron chi connectivity index (χ1n) is 5.17. The average molecular weight is 294 g/mol. The van der Waals surface area contributed by atoms with E-state index in [9.17, 15) is 5.11 Å². The Hall–Kier alpha value is -1.55.